The number of piperidine rings is 1. The van der Waals surface area contributed by atoms with E-state index in [2.05, 4.69) is 11.4 Å². The second-order valence-electron chi connectivity index (χ2n) is 6.83. The van der Waals surface area contributed by atoms with Gasteiger partial charge in [-0.3, -0.25) is 4.79 Å². The van der Waals surface area contributed by atoms with Crippen molar-refractivity contribution in [3.8, 4) is 0 Å². The SMILES string of the molecule is [B]N1CC2CCCC(C1)C2(OC)c1cccc2c1CC(=O)N2. The van der Waals surface area contributed by atoms with E-state index < -0.39 is 0 Å². The summed E-state index contributed by atoms with van der Waals surface area (Å²) < 4.78 is 6.22. The van der Waals surface area contributed by atoms with Gasteiger partial charge in [0, 0.05) is 24.6 Å². The van der Waals surface area contributed by atoms with Crippen LogP contribution in [0.2, 0.25) is 0 Å². The molecular weight excluding hydrogens is 275 g/mol. The molecule has 1 aliphatic carbocycles. The lowest BCUT2D eigenvalue weighted by atomic mass is 9.61. The van der Waals surface area contributed by atoms with Crippen molar-refractivity contribution in [2.45, 2.75) is 31.3 Å². The van der Waals surface area contributed by atoms with Gasteiger partial charge in [-0.1, -0.05) is 18.6 Å². The Kier molecular flexibility index (Phi) is 3.31. The highest BCUT2D eigenvalue weighted by molar-refractivity contribution is 6.04. The van der Waals surface area contributed by atoms with Gasteiger partial charge in [-0.15, -0.1) is 0 Å². The number of hydrogen-bond donors (Lipinski definition) is 1. The van der Waals surface area contributed by atoms with E-state index in [1.165, 1.54) is 12.0 Å². The number of anilines is 1. The molecular formula is C17H21BN2O2. The molecule has 5 heteroatoms. The average molecular weight is 296 g/mol. The maximum Gasteiger partial charge on any atom is 0.228 e. The molecule has 2 unspecified atom stereocenters. The lowest BCUT2D eigenvalue weighted by molar-refractivity contribution is -0.158. The molecule has 1 saturated heterocycles. The maximum atomic E-state index is 11.8. The standard InChI is InChI=1S/C17H21BN2O2/c1-22-17(11-4-2-5-12(17)10-20(18)9-11)14-6-3-7-15-13(14)8-16(21)19-15/h3,6-7,11-12H,2,4-5,8-10H2,1H3,(H,19,21). The third-order valence-corrected chi connectivity index (χ3v) is 5.77. The van der Waals surface area contributed by atoms with Crippen LogP contribution in [0, 0.1) is 11.8 Å². The first kappa shape index (κ1) is 14.3. The van der Waals surface area contributed by atoms with Crippen molar-refractivity contribution in [3.05, 3.63) is 29.3 Å². The van der Waals surface area contributed by atoms with Gasteiger partial charge in [0.05, 0.1) is 6.42 Å². The maximum absolute atomic E-state index is 11.8. The number of ether oxygens (including phenoxy) is 1. The quantitative estimate of drug-likeness (QED) is 0.847. The Bertz CT molecular complexity index is 605. The number of benzene rings is 1. The lowest BCUT2D eigenvalue weighted by Crippen LogP contribution is -2.58. The second kappa shape index (κ2) is 5.10. The number of nitrogens with zero attached hydrogens (tertiary/aromatic N) is 1. The van der Waals surface area contributed by atoms with E-state index in [1.807, 2.05) is 24.1 Å². The first-order valence-electron chi connectivity index (χ1n) is 8.12. The van der Waals surface area contributed by atoms with Crippen molar-refractivity contribution in [3.63, 3.8) is 0 Å². The van der Waals surface area contributed by atoms with E-state index in [1.54, 1.807) is 0 Å². The summed E-state index contributed by atoms with van der Waals surface area (Å²) >= 11 is 0. The highest BCUT2D eigenvalue weighted by Crippen LogP contribution is 2.53. The first-order valence-corrected chi connectivity index (χ1v) is 8.12. The number of methoxy groups -OCH3 is 1. The summed E-state index contributed by atoms with van der Waals surface area (Å²) in [7, 11) is 7.95. The van der Waals surface area contributed by atoms with Gasteiger partial charge in [0.2, 0.25) is 5.91 Å². The Morgan fingerprint density at radius 3 is 2.73 bits per heavy atom. The van der Waals surface area contributed by atoms with Crippen LogP contribution in [0.5, 0.6) is 0 Å². The fraction of sp³-hybridized carbons (Fsp3) is 0.588. The fourth-order valence-electron chi connectivity index (χ4n) is 4.97. The summed E-state index contributed by atoms with van der Waals surface area (Å²) in [5.41, 5.74) is 2.98. The number of carbonyl (C=O) groups is 1. The lowest BCUT2D eigenvalue weighted by Gasteiger charge is -2.55. The predicted molar refractivity (Wildman–Crippen MR) is 85.6 cm³/mol. The Morgan fingerprint density at radius 2 is 2.05 bits per heavy atom. The molecule has 1 aromatic rings. The number of carbonyl (C=O) groups excluding carboxylic acids is 1. The minimum Gasteiger partial charge on any atom is -0.373 e. The third kappa shape index (κ3) is 1.88. The molecule has 2 radical (unpaired) electrons. The van der Waals surface area contributed by atoms with E-state index in [4.69, 9.17) is 12.7 Å². The molecule has 1 saturated carbocycles. The molecule has 4 rings (SSSR count). The largest absolute Gasteiger partial charge is 0.373 e. The molecule has 22 heavy (non-hydrogen) atoms. The molecule has 1 N–H and O–H groups in total. The summed E-state index contributed by atoms with van der Waals surface area (Å²) in [4.78, 5) is 13.8. The van der Waals surface area contributed by atoms with Gasteiger partial charge in [-0.2, -0.15) is 0 Å². The zero-order valence-electron chi connectivity index (χ0n) is 13.0. The highest BCUT2D eigenvalue weighted by Gasteiger charge is 2.53. The van der Waals surface area contributed by atoms with Gasteiger partial charge in [-0.05, 0) is 43.1 Å². The monoisotopic (exact) mass is 296 g/mol. The Balaban J connectivity index is 1.86. The van der Waals surface area contributed by atoms with Gasteiger partial charge in [0.15, 0.2) is 7.98 Å². The molecule has 1 amide bonds. The predicted octanol–water partition coefficient (Wildman–Crippen LogP) is 1.84. The first-order chi connectivity index (χ1) is 10.6. The molecule has 1 aromatic carbocycles. The number of nitrogens with one attached hydrogen (secondary N) is 1. The molecule has 2 heterocycles. The number of rotatable bonds is 2. The number of fused-ring (bicyclic) bond motifs is 3. The molecule has 4 nitrogen and oxygen atoms in total. The van der Waals surface area contributed by atoms with Gasteiger partial charge in [0.1, 0.15) is 5.60 Å². The molecule has 114 valence electrons. The second-order valence-corrected chi connectivity index (χ2v) is 6.83. The van der Waals surface area contributed by atoms with Gasteiger partial charge in [0.25, 0.3) is 0 Å². The molecule has 0 aromatic heterocycles. The van der Waals surface area contributed by atoms with E-state index in [9.17, 15) is 4.79 Å². The minimum absolute atomic E-state index is 0.0788. The van der Waals surface area contributed by atoms with Crippen LogP contribution in [0.15, 0.2) is 18.2 Å². The normalized spacial score (nSPS) is 34.3. The van der Waals surface area contributed by atoms with Crippen LogP contribution in [0.4, 0.5) is 5.69 Å². The molecule has 2 fully saturated rings. The average Bonchev–Trinajstić information content (AvgIpc) is 2.86. The van der Waals surface area contributed by atoms with E-state index in [0.717, 1.165) is 37.2 Å². The smallest absolute Gasteiger partial charge is 0.228 e. The van der Waals surface area contributed by atoms with Crippen LogP contribution < -0.4 is 5.32 Å². The van der Waals surface area contributed by atoms with Crippen LogP contribution >= 0.6 is 0 Å². The van der Waals surface area contributed by atoms with Crippen LogP contribution in [-0.2, 0) is 21.6 Å². The third-order valence-electron chi connectivity index (χ3n) is 5.77. The summed E-state index contributed by atoms with van der Waals surface area (Å²) in [6.07, 6.45) is 3.95. The van der Waals surface area contributed by atoms with Crippen molar-refractivity contribution in [2.24, 2.45) is 11.8 Å². The summed E-state index contributed by atoms with van der Waals surface area (Å²) in [6.45, 7) is 1.71. The molecule has 2 bridgehead atoms. The van der Waals surface area contributed by atoms with E-state index >= 15 is 0 Å². The summed E-state index contributed by atoms with van der Waals surface area (Å²) in [6, 6.07) is 6.17. The number of hydrogen-bond acceptors (Lipinski definition) is 3. The molecule has 2 aliphatic heterocycles. The van der Waals surface area contributed by atoms with Crippen molar-refractivity contribution < 1.29 is 9.53 Å². The fourth-order valence-corrected chi connectivity index (χ4v) is 4.97. The van der Waals surface area contributed by atoms with Crippen LogP contribution in [0.1, 0.15) is 30.4 Å². The van der Waals surface area contributed by atoms with Crippen LogP contribution in [-0.4, -0.2) is 38.9 Å². The Hall–Kier alpha value is -1.33. The zero-order valence-corrected chi connectivity index (χ0v) is 13.0. The zero-order chi connectivity index (χ0) is 15.3. The van der Waals surface area contributed by atoms with Crippen molar-refractivity contribution in [2.75, 3.05) is 25.5 Å². The summed E-state index contributed by atoms with van der Waals surface area (Å²) in [5.74, 6) is 0.851. The van der Waals surface area contributed by atoms with Gasteiger partial charge < -0.3 is 14.9 Å². The van der Waals surface area contributed by atoms with E-state index in [-0.39, 0.29) is 11.5 Å². The van der Waals surface area contributed by atoms with Crippen molar-refractivity contribution in [1.29, 1.82) is 0 Å². The van der Waals surface area contributed by atoms with Crippen LogP contribution in [0.25, 0.3) is 0 Å². The topological polar surface area (TPSA) is 41.6 Å². The molecule has 0 spiro atoms. The van der Waals surface area contributed by atoms with Gasteiger partial charge in [-0.25, -0.2) is 0 Å². The van der Waals surface area contributed by atoms with Crippen molar-refractivity contribution in [1.82, 2.24) is 4.81 Å². The summed E-state index contributed by atoms with van der Waals surface area (Å²) in [5, 5.41) is 2.96. The van der Waals surface area contributed by atoms with Crippen molar-refractivity contribution >= 4 is 19.6 Å². The molecule has 3 aliphatic rings. The minimum atomic E-state index is -0.300. The number of amides is 1. The highest BCUT2D eigenvalue weighted by atomic mass is 16.5. The van der Waals surface area contributed by atoms with Crippen LogP contribution in [0.3, 0.4) is 0 Å². The molecule has 2 atom stereocenters. The van der Waals surface area contributed by atoms with E-state index in [0.29, 0.717) is 18.3 Å². The van der Waals surface area contributed by atoms with Gasteiger partial charge >= 0.3 is 0 Å². The Labute approximate surface area is 132 Å². The Morgan fingerprint density at radius 1 is 1.32 bits per heavy atom.